The third-order valence-corrected chi connectivity index (χ3v) is 3.23. The molecule has 0 heterocycles. The summed E-state index contributed by atoms with van der Waals surface area (Å²) in [6, 6.07) is 5.07. The highest BCUT2D eigenvalue weighted by atomic mass is 16.5. The molecule has 0 aliphatic carbocycles. The van der Waals surface area contributed by atoms with Gasteiger partial charge in [-0.2, -0.15) is 0 Å². The largest absolute Gasteiger partial charge is 0.504 e. The molecule has 1 aromatic carbocycles. The van der Waals surface area contributed by atoms with Crippen molar-refractivity contribution in [3.05, 3.63) is 23.8 Å². The molecule has 2 N–H and O–H groups in total. The quantitative estimate of drug-likeness (QED) is 0.497. The number of ether oxygens (including phenoxy) is 1. The summed E-state index contributed by atoms with van der Waals surface area (Å²) in [6.45, 7) is 3.76. The SMILES string of the molecule is CCCCCCCOCCCc1cccc(O)c1O. The van der Waals surface area contributed by atoms with Gasteiger partial charge in [0.15, 0.2) is 11.5 Å². The predicted molar refractivity (Wildman–Crippen MR) is 77.7 cm³/mol. The highest BCUT2D eigenvalue weighted by Crippen LogP contribution is 2.28. The molecule has 0 fully saturated rings. The maximum atomic E-state index is 9.63. The Balaban J connectivity index is 2.03. The van der Waals surface area contributed by atoms with Crippen molar-refractivity contribution in [2.75, 3.05) is 13.2 Å². The zero-order chi connectivity index (χ0) is 13.9. The van der Waals surface area contributed by atoms with Crippen LogP contribution in [-0.4, -0.2) is 23.4 Å². The number of rotatable bonds is 10. The van der Waals surface area contributed by atoms with E-state index in [1.54, 1.807) is 6.07 Å². The number of benzene rings is 1. The molecular formula is C16H26O3. The molecule has 0 saturated carbocycles. The molecule has 0 amide bonds. The van der Waals surface area contributed by atoms with Crippen LogP contribution in [0.2, 0.25) is 0 Å². The van der Waals surface area contributed by atoms with E-state index in [2.05, 4.69) is 6.92 Å². The molecule has 0 saturated heterocycles. The fraction of sp³-hybridized carbons (Fsp3) is 0.625. The average Bonchev–Trinajstić information content (AvgIpc) is 2.41. The number of hydrogen-bond acceptors (Lipinski definition) is 3. The third-order valence-electron chi connectivity index (χ3n) is 3.23. The summed E-state index contributed by atoms with van der Waals surface area (Å²) in [6.07, 6.45) is 7.88. The lowest BCUT2D eigenvalue weighted by Crippen LogP contribution is -1.99. The number of phenols is 2. The lowest BCUT2D eigenvalue weighted by atomic mass is 10.1. The topological polar surface area (TPSA) is 49.7 Å². The van der Waals surface area contributed by atoms with E-state index in [1.807, 2.05) is 6.07 Å². The van der Waals surface area contributed by atoms with Crippen molar-refractivity contribution < 1.29 is 14.9 Å². The van der Waals surface area contributed by atoms with Crippen molar-refractivity contribution >= 4 is 0 Å². The lowest BCUT2D eigenvalue weighted by Gasteiger charge is -2.07. The molecule has 0 spiro atoms. The number of phenolic OH excluding ortho intramolecular Hbond substituents is 2. The summed E-state index contributed by atoms with van der Waals surface area (Å²) in [5.74, 6) is -0.0450. The van der Waals surface area contributed by atoms with Crippen LogP contribution in [-0.2, 0) is 11.2 Å². The van der Waals surface area contributed by atoms with Crippen LogP contribution in [0.4, 0.5) is 0 Å². The summed E-state index contributed by atoms with van der Waals surface area (Å²) >= 11 is 0. The Bertz CT molecular complexity index is 350. The van der Waals surface area contributed by atoms with Crippen molar-refractivity contribution in [2.45, 2.75) is 51.9 Å². The Morgan fingerprint density at radius 1 is 0.947 bits per heavy atom. The second-order valence-corrected chi connectivity index (χ2v) is 4.92. The predicted octanol–water partition coefficient (Wildman–Crippen LogP) is 4.02. The van der Waals surface area contributed by atoms with E-state index in [4.69, 9.17) is 4.74 Å². The van der Waals surface area contributed by atoms with Crippen LogP contribution in [0, 0.1) is 0 Å². The monoisotopic (exact) mass is 266 g/mol. The van der Waals surface area contributed by atoms with Gasteiger partial charge in [-0.3, -0.25) is 0 Å². The summed E-state index contributed by atoms with van der Waals surface area (Å²) < 4.78 is 5.56. The lowest BCUT2D eigenvalue weighted by molar-refractivity contribution is 0.127. The van der Waals surface area contributed by atoms with Gasteiger partial charge in [0, 0.05) is 13.2 Å². The number of unbranched alkanes of at least 4 members (excludes halogenated alkanes) is 4. The van der Waals surface area contributed by atoms with Gasteiger partial charge in [0.25, 0.3) is 0 Å². The van der Waals surface area contributed by atoms with E-state index in [9.17, 15) is 10.2 Å². The maximum absolute atomic E-state index is 9.63. The highest BCUT2D eigenvalue weighted by molar-refractivity contribution is 5.44. The Kier molecular flexibility index (Phi) is 8.07. The van der Waals surface area contributed by atoms with Gasteiger partial charge in [0.05, 0.1) is 0 Å². The van der Waals surface area contributed by atoms with Gasteiger partial charge in [-0.1, -0.05) is 44.7 Å². The second kappa shape index (κ2) is 9.68. The molecule has 0 unspecified atom stereocenters. The van der Waals surface area contributed by atoms with E-state index in [1.165, 1.54) is 31.7 Å². The molecule has 0 aliphatic heterocycles. The second-order valence-electron chi connectivity index (χ2n) is 4.92. The van der Waals surface area contributed by atoms with Crippen LogP contribution in [0.3, 0.4) is 0 Å². The summed E-state index contributed by atoms with van der Waals surface area (Å²) in [5.41, 5.74) is 0.784. The molecule has 0 radical (unpaired) electrons. The Morgan fingerprint density at radius 3 is 2.47 bits per heavy atom. The molecule has 1 rings (SSSR count). The van der Waals surface area contributed by atoms with Crippen LogP contribution in [0.1, 0.15) is 51.0 Å². The molecule has 1 aromatic rings. The van der Waals surface area contributed by atoms with Gasteiger partial charge in [0.1, 0.15) is 0 Å². The zero-order valence-electron chi connectivity index (χ0n) is 11.9. The van der Waals surface area contributed by atoms with Gasteiger partial charge in [-0.25, -0.2) is 0 Å². The zero-order valence-corrected chi connectivity index (χ0v) is 11.9. The van der Waals surface area contributed by atoms with E-state index in [0.717, 1.165) is 31.4 Å². The minimum absolute atomic E-state index is 0.00191. The first-order valence-corrected chi connectivity index (χ1v) is 7.33. The number of para-hydroxylation sites is 1. The number of aryl methyl sites for hydroxylation is 1. The van der Waals surface area contributed by atoms with Crippen LogP contribution in [0.15, 0.2) is 18.2 Å². The van der Waals surface area contributed by atoms with Crippen molar-refractivity contribution in [2.24, 2.45) is 0 Å². The van der Waals surface area contributed by atoms with Crippen LogP contribution in [0.5, 0.6) is 11.5 Å². The molecule has 3 heteroatoms. The molecule has 108 valence electrons. The van der Waals surface area contributed by atoms with Crippen molar-refractivity contribution in [3.8, 4) is 11.5 Å². The Hall–Kier alpha value is -1.22. The van der Waals surface area contributed by atoms with Crippen LogP contribution >= 0.6 is 0 Å². The van der Waals surface area contributed by atoms with E-state index in [-0.39, 0.29) is 11.5 Å². The van der Waals surface area contributed by atoms with Crippen molar-refractivity contribution in [3.63, 3.8) is 0 Å². The first-order chi connectivity index (χ1) is 9.25. The Morgan fingerprint density at radius 2 is 1.68 bits per heavy atom. The Labute approximate surface area is 116 Å². The molecule has 0 atom stereocenters. The fourth-order valence-electron chi connectivity index (χ4n) is 2.05. The fourth-order valence-corrected chi connectivity index (χ4v) is 2.05. The number of hydrogen-bond donors (Lipinski definition) is 2. The molecule has 3 nitrogen and oxygen atoms in total. The van der Waals surface area contributed by atoms with Crippen molar-refractivity contribution in [1.82, 2.24) is 0 Å². The van der Waals surface area contributed by atoms with E-state index >= 15 is 0 Å². The molecule has 19 heavy (non-hydrogen) atoms. The molecule has 0 aliphatic rings. The van der Waals surface area contributed by atoms with Crippen LogP contribution in [0.25, 0.3) is 0 Å². The van der Waals surface area contributed by atoms with Crippen LogP contribution < -0.4 is 0 Å². The minimum atomic E-state index is -0.0469. The van der Waals surface area contributed by atoms with Gasteiger partial charge < -0.3 is 14.9 Å². The smallest absolute Gasteiger partial charge is 0.160 e. The number of aromatic hydroxyl groups is 2. The van der Waals surface area contributed by atoms with Gasteiger partial charge in [0.2, 0.25) is 0 Å². The van der Waals surface area contributed by atoms with Gasteiger partial charge >= 0.3 is 0 Å². The summed E-state index contributed by atoms with van der Waals surface area (Å²) in [4.78, 5) is 0. The normalized spacial score (nSPS) is 10.8. The average molecular weight is 266 g/mol. The van der Waals surface area contributed by atoms with Gasteiger partial charge in [-0.05, 0) is 30.9 Å². The van der Waals surface area contributed by atoms with Crippen molar-refractivity contribution in [1.29, 1.82) is 0 Å². The third kappa shape index (κ3) is 6.48. The standard InChI is InChI=1S/C16H26O3/c1-2-3-4-5-6-12-19-13-8-10-14-9-7-11-15(17)16(14)18/h7,9,11,17-18H,2-6,8,10,12-13H2,1H3. The summed E-state index contributed by atoms with van der Waals surface area (Å²) in [5, 5.41) is 19.0. The molecule has 0 bridgehead atoms. The minimum Gasteiger partial charge on any atom is -0.504 e. The maximum Gasteiger partial charge on any atom is 0.160 e. The molecule has 0 aromatic heterocycles. The van der Waals surface area contributed by atoms with E-state index < -0.39 is 0 Å². The van der Waals surface area contributed by atoms with Gasteiger partial charge in [-0.15, -0.1) is 0 Å². The first-order valence-electron chi connectivity index (χ1n) is 7.33. The molecular weight excluding hydrogens is 240 g/mol. The summed E-state index contributed by atoms with van der Waals surface area (Å²) in [7, 11) is 0. The first kappa shape index (κ1) is 15.8. The van der Waals surface area contributed by atoms with E-state index in [0.29, 0.717) is 6.61 Å². The highest BCUT2D eigenvalue weighted by Gasteiger charge is 2.04.